The summed E-state index contributed by atoms with van der Waals surface area (Å²) in [6.45, 7) is 1.68. The minimum Gasteiger partial charge on any atom is -0.493 e. The van der Waals surface area contributed by atoms with Gasteiger partial charge in [0, 0.05) is 11.8 Å². The number of anilines is 2. The van der Waals surface area contributed by atoms with Crippen LogP contribution in [0, 0.1) is 17.0 Å². The number of carbonyl (C=O) groups excluding carboxylic acids is 1. The highest BCUT2D eigenvalue weighted by atomic mass is 32.2. The fraction of sp³-hybridized carbons (Fsp3) is 0.278. The first-order chi connectivity index (χ1) is 14.0. The van der Waals surface area contributed by atoms with E-state index in [0.29, 0.717) is 5.56 Å². The summed E-state index contributed by atoms with van der Waals surface area (Å²) in [7, 11) is 0.261. The average molecular weight is 439 g/mol. The van der Waals surface area contributed by atoms with Gasteiger partial charge >= 0.3 is 5.69 Å². The van der Waals surface area contributed by atoms with Gasteiger partial charge in [0.2, 0.25) is 21.5 Å². The molecule has 0 aliphatic rings. The van der Waals surface area contributed by atoms with Gasteiger partial charge in [0.05, 0.1) is 38.2 Å². The van der Waals surface area contributed by atoms with Gasteiger partial charge in [-0.05, 0) is 24.6 Å². The second-order valence-electron chi connectivity index (χ2n) is 6.16. The number of rotatable bonds is 8. The zero-order chi connectivity index (χ0) is 22.6. The monoisotopic (exact) mass is 439 g/mol. The van der Waals surface area contributed by atoms with Crippen molar-refractivity contribution in [1.82, 2.24) is 0 Å². The Bertz CT molecular complexity index is 1100. The van der Waals surface area contributed by atoms with E-state index in [1.54, 1.807) is 13.0 Å². The number of hydrogen-bond acceptors (Lipinski definition) is 8. The van der Waals surface area contributed by atoms with Crippen molar-refractivity contribution in [3.63, 3.8) is 0 Å². The van der Waals surface area contributed by atoms with Crippen molar-refractivity contribution in [3.8, 4) is 17.2 Å². The largest absolute Gasteiger partial charge is 0.493 e. The Labute approximate surface area is 173 Å². The van der Waals surface area contributed by atoms with Gasteiger partial charge in [-0.3, -0.25) is 19.6 Å². The maximum atomic E-state index is 12.9. The summed E-state index contributed by atoms with van der Waals surface area (Å²) in [6, 6.07) is 5.69. The molecule has 1 amide bonds. The van der Waals surface area contributed by atoms with Crippen molar-refractivity contribution < 1.29 is 32.3 Å². The molecule has 0 unspecified atom stereocenters. The molecule has 2 aromatic carbocycles. The number of benzene rings is 2. The zero-order valence-corrected chi connectivity index (χ0v) is 17.7. The van der Waals surface area contributed by atoms with Crippen LogP contribution in [0.4, 0.5) is 17.1 Å². The van der Waals surface area contributed by atoms with E-state index >= 15 is 0 Å². The van der Waals surface area contributed by atoms with Crippen LogP contribution < -0.4 is 24.2 Å². The van der Waals surface area contributed by atoms with Crippen LogP contribution in [-0.4, -0.2) is 46.8 Å². The maximum absolute atomic E-state index is 12.9. The van der Waals surface area contributed by atoms with Gasteiger partial charge in [-0.15, -0.1) is 0 Å². The molecule has 30 heavy (non-hydrogen) atoms. The Morgan fingerprint density at radius 2 is 1.70 bits per heavy atom. The van der Waals surface area contributed by atoms with Gasteiger partial charge in [0.1, 0.15) is 5.56 Å². The third-order valence-electron chi connectivity index (χ3n) is 4.02. The molecule has 2 N–H and O–H groups in total. The smallest absolute Gasteiger partial charge is 0.327 e. The highest BCUT2D eigenvalue weighted by Crippen LogP contribution is 2.46. The molecule has 0 saturated heterocycles. The predicted molar refractivity (Wildman–Crippen MR) is 110 cm³/mol. The van der Waals surface area contributed by atoms with Crippen LogP contribution in [0.1, 0.15) is 15.9 Å². The molecule has 0 aromatic heterocycles. The molecule has 2 rings (SSSR count). The number of ether oxygens (including phenoxy) is 3. The number of nitrogens with zero attached hydrogens (tertiary/aromatic N) is 1. The molecule has 0 heterocycles. The third kappa shape index (κ3) is 4.89. The van der Waals surface area contributed by atoms with Gasteiger partial charge < -0.3 is 19.5 Å². The van der Waals surface area contributed by atoms with Crippen molar-refractivity contribution in [3.05, 3.63) is 45.5 Å². The minimum atomic E-state index is -3.54. The minimum absolute atomic E-state index is 0.0294. The number of nitro benzene ring substituents is 1. The number of nitro groups is 1. The summed E-state index contributed by atoms with van der Waals surface area (Å²) in [5, 5.41) is 14.2. The van der Waals surface area contributed by atoms with Crippen LogP contribution in [0.25, 0.3) is 0 Å². The quantitative estimate of drug-likeness (QED) is 0.471. The van der Waals surface area contributed by atoms with E-state index in [-0.39, 0.29) is 34.2 Å². The van der Waals surface area contributed by atoms with E-state index in [2.05, 4.69) is 10.0 Å². The number of hydrogen-bond donors (Lipinski definition) is 2. The van der Waals surface area contributed by atoms with E-state index in [0.717, 1.165) is 6.26 Å². The molecule has 0 saturated carbocycles. The molecule has 162 valence electrons. The van der Waals surface area contributed by atoms with Gasteiger partial charge in [-0.2, -0.15) is 0 Å². The molecule has 0 spiro atoms. The average Bonchev–Trinajstić information content (AvgIpc) is 2.67. The summed E-state index contributed by atoms with van der Waals surface area (Å²) in [5.41, 5.74) is 0.175. The Balaban J connectivity index is 2.54. The highest BCUT2D eigenvalue weighted by Gasteiger charge is 2.32. The van der Waals surface area contributed by atoms with E-state index in [9.17, 15) is 23.3 Å². The van der Waals surface area contributed by atoms with Crippen molar-refractivity contribution in [2.45, 2.75) is 6.92 Å². The highest BCUT2D eigenvalue weighted by molar-refractivity contribution is 7.92. The van der Waals surface area contributed by atoms with E-state index in [4.69, 9.17) is 14.2 Å². The van der Waals surface area contributed by atoms with E-state index in [1.807, 2.05) is 0 Å². The predicted octanol–water partition coefficient (Wildman–Crippen LogP) is 2.55. The Hall–Kier alpha value is -3.54. The van der Waals surface area contributed by atoms with Gasteiger partial charge in [0.25, 0.3) is 5.91 Å². The molecular formula is C18H21N3O8S. The molecule has 0 radical (unpaired) electrons. The lowest BCUT2D eigenvalue weighted by Gasteiger charge is -2.15. The summed E-state index contributed by atoms with van der Waals surface area (Å²) in [5.74, 6) is -1.06. The normalized spacial score (nSPS) is 10.8. The summed E-state index contributed by atoms with van der Waals surface area (Å²) in [4.78, 5) is 23.7. The second kappa shape index (κ2) is 8.86. The molecule has 0 bridgehead atoms. The molecule has 0 fully saturated rings. The lowest BCUT2D eigenvalue weighted by atomic mass is 10.1. The SMILES string of the molecule is COc1cc(C(=O)Nc2ccc(C)c(NS(C)(=O)=O)c2)c([N+](=O)[O-])c(OC)c1OC. The van der Waals surface area contributed by atoms with Crippen molar-refractivity contribution >= 4 is 33.0 Å². The number of carbonyl (C=O) groups is 1. The molecule has 0 atom stereocenters. The standard InChI is InChI=1S/C18H21N3O8S/c1-10-6-7-11(8-13(10)20-30(5,25)26)19-18(22)12-9-14(27-2)16(28-3)17(29-4)15(12)21(23)24/h6-9,20H,1-5H3,(H,19,22). The second-order valence-corrected chi connectivity index (χ2v) is 7.91. The van der Waals surface area contributed by atoms with Crippen LogP contribution in [-0.2, 0) is 10.0 Å². The molecule has 2 aromatic rings. The molecule has 12 heteroatoms. The summed E-state index contributed by atoms with van der Waals surface area (Å²) in [6.07, 6.45) is 0.997. The zero-order valence-electron chi connectivity index (χ0n) is 16.9. The van der Waals surface area contributed by atoms with Crippen molar-refractivity contribution in [1.29, 1.82) is 0 Å². The number of aryl methyl sites for hydroxylation is 1. The molecule has 0 aliphatic carbocycles. The van der Waals surface area contributed by atoms with E-state index in [1.165, 1.54) is 39.5 Å². The molecule has 0 aliphatic heterocycles. The van der Waals surface area contributed by atoms with Crippen LogP contribution in [0.2, 0.25) is 0 Å². The number of amides is 1. The fourth-order valence-corrected chi connectivity index (χ4v) is 3.32. The van der Waals surface area contributed by atoms with Crippen LogP contribution in [0.5, 0.6) is 17.2 Å². The van der Waals surface area contributed by atoms with Crippen molar-refractivity contribution in [2.24, 2.45) is 0 Å². The van der Waals surface area contributed by atoms with E-state index < -0.39 is 26.5 Å². The third-order valence-corrected chi connectivity index (χ3v) is 4.61. The summed E-state index contributed by atoms with van der Waals surface area (Å²) < 4.78 is 40.8. The molecule has 11 nitrogen and oxygen atoms in total. The van der Waals surface area contributed by atoms with Gasteiger partial charge in [-0.1, -0.05) is 6.07 Å². The lowest BCUT2D eigenvalue weighted by molar-refractivity contribution is -0.386. The van der Waals surface area contributed by atoms with Crippen LogP contribution >= 0.6 is 0 Å². The number of methoxy groups -OCH3 is 3. The Kier molecular flexibility index (Phi) is 6.72. The lowest BCUT2D eigenvalue weighted by Crippen LogP contribution is -2.16. The fourth-order valence-electron chi connectivity index (χ4n) is 2.70. The molecular weight excluding hydrogens is 418 g/mol. The Morgan fingerprint density at radius 1 is 1.07 bits per heavy atom. The van der Waals surface area contributed by atoms with Gasteiger partial charge in [0.15, 0.2) is 5.75 Å². The van der Waals surface area contributed by atoms with Gasteiger partial charge in [-0.25, -0.2) is 8.42 Å². The first kappa shape index (κ1) is 22.7. The Morgan fingerprint density at radius 3 is 2.20 bits per heavy atom. The summed E-state index contributed by atoms with van der Waals surface area (Å²) >= 11 is 0. The van der Waals surface area contributed by atoms with Crippen LogP contribution in [0.3, 0.4) is 0 Å². The van der Waals surface area contributed by atoms with Crippen LogP contribution in [0.15, 0.2) is 24.3 Å². The van der Waals surface area contributed by atoms with Crippen molar-refractivity contribution in [2.75, 3.05) is 37.6 Å². The topological polar surface area (TPSA) is 146 Å². The number of sulfonamides is 1. The first-order valence-electron chi connectivity index (χ1n) is 8.39. The first-order valence-corrected chi connectivity index (χ1v) is 10.3. The maximum Gasteiger partial charge on any atom is 0.327 e. The number of nitrogens with one attached hydrogen (secondary N) is 2.